The van der Waals surface area contributed by atoms with Gasteiger partial charge in [0.25, 0.3) is 5.91 Å². The number of nitrogens with zero attached hydrogens (tertiary/aromatic N) is 2. The van der Waals surface area contributed by atoms with Gasteiger partial charge >= 0.3 is 0 Å². The Morgan fingerprint density at radius 3 is 1.77 bits per heavy atom. The van der Waals surface area contributed by atoms with E-state index in [2.05, 4.69) is 28.2 Å². The summed E-state index contributed by atoms with van der Waals surface area (Å²) >= 11 is 0. The van der Waals surface area contributed by atoms with Crippen LogP contribution < -0.4 is 26.0 Å². The number of aliphatic hydroxyl groups excluding tert-OH is 7. The number of Topliss-reactive ketones (excluding diaryl/α,β-unsaturated/α-hetero) is 1. The highest BCUT2D eigenvalue weighted by atomic mass is 16.5. The second-order valence-electron chi connectivity index (χ2n) is 21.9. The number of unbranched alkanes of at least 4 members (excludes halogenated alkanes) is 2. The van der Waals surface area contributed by atoms with Gasteiger partial charge in [0.1, 0.15) is 41.8 Å². The van der Waals surface area contributed by atoms with Crippen molar-refractivity contribution in [2.75, 3.05) is 19.7 Å². The minimum Gasteiger partial charge on any atom is -0.508 e. The predicted octanol–water partition coefficient (Wildman–Crippen LogP) is 1.23. The van der Waals surface area contributed by atoms with Gasteiger partial charge in [0, 0.05) is 43.8 Å². The summed E-state index contributed by atoms with van der Waals surface area (Å²) in [5.74, 6) is -9.40. The first-order valence-corrected chi connectivity index (χ1v) is 27.8. The van der Waals surface area contributed by atoms with E-state index in [4.69, 9.17) is 4.74 Å². The summed E-state index contributed by atoms with van der Waals surface area (Å²) in [6.07, 6.45) is -10.9. The lowest BCUT2D eigenvalue weighted by Crippen LogP contribution is -2.61. The van der Waals surface area contributed by atoms with Crippen LogP contribution >= 0.6 is 0 Å². The van der Waals surface area contributed by atoms with Gasteiger partial charge in [-0.1, -0.05) is 87.4 Å². The highest BCUT2D eigenvalue weighted by Gasteiger charge is 2.50. The van der Waals surface area contributed by atoms with Crippen molar-refractivity contribution in [3.8, 4) is 33.8 Å². The lowest BCUT2D eigenvalue weighted by atomic mass is 9.86. The molecule has 15 atom stereocenters. The number of amides is 6. The normalized spacial score (nSPS) is 27.6. The number of fused-ring (bicyclic) bond motifs is 2. The number of hydrogen-bond acceptors (Lipinski definition) is 16. The molecular weight excluding hydrogens is 1060 g/mol. The van der Waals surface area contributed by atoms with Crippen LogP contribution in [0.1, 0.15) is 95.2 Å². The van der Waals surface area contributed by atoms with Gasteiger partial charge in [0.15, 0.2) is 5.78 Å². The van der Waals surface area contributed by atoms with Crippen molar-refractivity contribution in [2.24, 2.45) is 11.8 Å². The smallest absolute Gasteiger partial charge is 0.251 e. The second kappa shape index (κ2) is 27.6. The van der Waals surface area contributed by atoms with E-state index < -0.39 is 158 Å². The van der Waals surface area contributed by atoms with Crippen molar-refractivity contribution >= 4 is 41.2 Å². The maximum absolute atomic E-state index is 14.5. The Morgan fingerprint density at radius 2 is 1.21 bits per heavy atom. The van der Waals surface area contributed by atoms with Gasteiger partial charge in [-0.15, -0.1) is 0 Å². The molecule has 7 rings (SSSR count). The molecule has 3 saturated heterocycles. The fourth-order valence-corrected chi connectivity index (χ4v) is 10.7. The number of carbonyl (C=O) groups is 7. The summed E-state index contributed by atoms with van der Waals surface area (Å²) in [6.45, 7) is 7.20. The molecule has 3 aliphatic heterocycles. The summed E-state index contributed by atoms with van der Waals surface area (Å²) in [5, 5.41) is 99.2. The van der Waals surface area contributed by atoms with Crippen LogP contribution in [0, 0.1) is 11.8 Å². The standard InChI is InChI=1S/C60H76N6O16/c1-6-7-8-25-82-43-23-19-38(20-24-43)36-11-9-35(10-12-36)37-13-15-40(16-14-37)55(76)62-45-28-47(71)32(3)61-58(79)51-52(73)31(2)29-66(51)60(81)50(34(5)68)63-56(77)44(54(75)53(74)39-17-21-41(69)22-18-39)27-48(72)46-26-42(70)30-65(46)59(80)49(33(4)67)64-57(45)78/h9-24,31-34,42,44-47,49-54,67-71,73-75H,6-8,25-30H2,1-5H3,(H,61,79)(H,62,76)(H,63,77)(H,64,78)/t31-,32+,33+,34+,42+,44?,45-,46?,47+,49?,50?,51?,52-,53-,54-/m0/s1. The molecule has 0 aromatic heterocycles. The third-order valence-corrected chi connectivity index (χ3v) is 15.6. The second-order valence-corrected chi connectivity index (χ2v) is 21.9. The molecule has 22 nitrogen and oxygen atoms in total. The molecule has 6 amide bonds. The lowest BCUT2D eigenvalue weighted by molar-refractivity contribution is -0.148. The summed E-state index contributed by atoms with van der Waals surface area (Å²) in [7, 11) is 0. The van der Waals surface area contributed by atoms with Crippen molar-refractivity contribution in [2.45, 2.75) is 152 Å². The van der Waals surface area contributed by atoms with Gasteiger partial charge in [-0.25, -0.2) is 0 Å². The zero-order valence-corrected chi connectivity index (χ0v) is 46.5. The fraction of sp³-hybridized carbons (Fsp3) is 0.483. The number of aliphatic hydroxyl groups is 7. The first-order chi connectivity index (χ1) is 39.0. The van der Waals surface area contributed by atoms with Crippen molar-refractivity contribution < 1.29 is 79.2 Å². The third-order valence-electron chi connectivity index (χ3n) is 15.6. The fourth-order valence-electron chi connectivity index (χ4n) is 10.7. The van der Waals surface area contributed by atoms with E-state index >= 15 is 0 Å². The highest BCUT2D eigenvalue weighted by molar-refractivity contribution is 6.00. The summed E-state index contributed by atoms with van der Waals surface area (Å²) in [6, 6.07) is 16.9. The van der Waals surface area contributed by atoms with E-state index in [0.29, 0.717) is 6.61 Å². The maximum atomic E-state index is 14.5. The monoisotopic (exact) mass is 1140 g/mol. The Balaban J connectivity index is 1.18. The molecule has 3 fully saturated rings. The lowest BCUT2D eigenvalue weighted by Gasteiger charge is -2.33. The number of benzene rings is 4. The van der Waals surface area contributed by atoms with Gasteiger partial charge in [0.2, 0.25) is 29.5 Å². The molecule has 82 heavy (non-hydrogen) atoms. The number of hydrogen-bond donors (Lipinski definition) is 12. The van der Waals surface area contributed by atoms with E-state index in [9.17, 15) is 74.4 Å². The molecule has 4 aromatic rings. The van der Waals surface area contributed by atoms with Crippen molar-refractivity contribution in [3.63, 3.8) is 0 Å². The molecule has 4 aromatic carbocycles. The first kappa shape index (κ1) is 62.3. The van der Waals surface area contributed by atoms with Crippen LogP contribution in [-0.2, 0) is 28.8 Å². The zero-order chi connectivity index (χ0) is 59.7. The maximum Gasteiger partial charge on any atom is 0.251 e. The minimum absolute atomic E-state index is 0.0141. The SMILES string of the molecule is CCCCCOc1ccc(-c2ccc(-c3ccc(C(=O)N[C@H]4C[C@@H](O)[C@@H](C)NC(=O)C5[C@@H](O)[C@@H](C)CN5C(=O)C([C@@H](C)O)NC(=O)C([C@H](O)[C@@H](O)c5ccc(O)cc5)CC(=O)C5C[C@@H](O)CN5C(=O)C([C@@H](C)O)NC4=O)cc3)cc2)cc1. The van der Waals surface area contributed by atoms with Crippen LogP contribution in [0.15, 0.2) is 97.1 Å². The van der Waals surface area contributed by atoms with Gasteiger partial charge in [-0.2, -0.15) is 0 Å². The molecule has 3 aliphatic rings. The number of rotatable bonds is 14. The largest absolute Gasteiger partial charge is 0.508 e. The van der Waals surface area contributed by atoms with Crippen LogP contribution in [0.2, 0.25) is 0 Å². The summed E-state index contributed by atoms with van der Waals surface area (Å²) < 4.78 is 5.85. The predicted molar refractivity (Wildman–Crippen MR) is 298 cm³/mol. The first-order valence-electron chi connectivity index (χ1n) is 27.8. The van der Waals surface area contributed by atoms with Crippen LogP contribution in [0.5, 0.6) is 11.5 Å². The number of aromatic hydroxyl groups is 1. The van der Waals surface area contributed by atoms with Crippen LogP contribution in [0.25, 0.3) is 22.3 Å². The molecule has 0 spiro atoms. The van der Waals surface area contributed by atoms with E-state index in [0.717, 1.165) is 70.9 Å². The average Bonchev–Trinajstić information content (AvgIpc) is 4.06. The van der Waals surface area contributed by atoms with E-state index in [1.54, 1.807) is 12.1 Å². The molecule has 0 saturated carbocycles. The Bertz CT molecular complexity index is 2870. The number of phenolic OH excluding ortho intramolecular Hbond substituents is 1. The van der Waals surface area contributed by atoms with Crippen molar-refractivity contribution in [3.05, 3.63) is 108 Å². The van der Waals surface area contributed by atoms with Crippen LogP contribution in [0.4, 0.5) is 0 Å². The van der Waals surface area contributed by atoms with Crippen LogP contribution in [0.3, 0.4) is 0 Å². The number of ketones is 1. The van der Waals surface area contributed by atoms with Crippen molar-refractivity contribution in [1.29, 1.82) is 0 Å². The molecular formula is C60H76N6O16. The topological polar surface area (TPSA) is 345 Å². The van der Waals surface area contributed by atoms with Crippen molar-refractivity contribution in [1.82, 2.24) is 31.1 Å². The molecule has 0 radical (unpaired) electrons. The Labute approximate surface area is 475 Å². The highest BCUT2D eigenvalue weighted by Crippen LogP contribution is 2.32. The molecule has 0 aliphatic carbocycles. The minimum atomic E-state index is -2.15. The number of nitrogens with one attached hydrogen (secondary N) is 4. The Kier molecular flexibility index (Phi) is 21.0. The average molecular weight is 1140 g/mol. The van der Waals surface area contributed by atoms with Gasteiger partial charge in [-0.3, -0.25) is 33.6 Å². The quantitative estimate of drug-likeness (QED) is 0.0791. The van der Waals surface area contributed by atoms with E-state index in [1.165, 1.54) is 50.2 Å². The van der Waals surface area contributed by atoms with Gasteiger partial charge in [-0.05, 0) is 91.4 Å². The Hall–Kier alpha value is -7.31. The van der Waals surface area contributed by atoms with Gasteiger partial charge in [0.05, 0.1) is 61.2 Å². The molecule has 5 unspecified atom stereocenters. The Morgan fingerprint density at radius 1 is 0.671 bits per heavy atom. The molecule has 22 heteroatoms. The summed E-state index contributed by atoms with van der Waals surface area (Å²) in [4.78, 5) is 103. The van der Waals surface area contributed by atoms with E-state index in [1.807, 2.05) is 48.5 Å². The molecule has 442 valence electrons. The third kappa shape index (κ3) is 14.8. The van der Waals surface area contributed by atoms with E-state index in [-0.39, 0.29) is 23.4 Å². The van der Waals surface area contributed by atoms with Crippen LogP contribution in [-0.4, -0.2) is 184 Å². The molecule has 0 bridgehead atoms. The van der Waals surface area contributed by atoms with Gasteiger partial charge < -0.3 is 76.7 Å². The molecule has 3 heterocycles. The summed E-state index contributed by atoms with van der Waals surface area (Å²) in [5.41, 5.74) is 3.61. The number of ether oxygens (including phenoxy) is 1. The molecule has 12 N–H and O–H groups in total. The number of carbonyl (C=O) groups excluding carboxylic acids is 7. The number of phenols is 1. The zero-order valence-electron chi connectivity index (χ0n) is 46.5.